The number of carbonyl (C=O) groups excluding carboxylic acids is 1. The Morgan fingerprint density at radius 1 is 1.19 bits per heavy atom. The van der Waals surface area contributed by atoms with E-state index in [1.807, 2.05) is 79.9 Å². The zero-order valence-corrected chi connectivity index (χ0v) is 24.0. The van der Waals surface area contributed by atoms with E-state index in [2.05, 4.69) is 10.3 Å². The SMILES string of the molecule is C.Cc1cc(N(C)CCN(C)C)c([N+](=O)[O-])cc1Nc1ncc(C(=O)OCC2CC2)c(-c2cn(C)c3ccccc23)n1. The number of fused-ring (bicyclic) bond motifs is 1. The number of ether oxygens (including phenoxy) is 1. The van der Waals surface area contributed by atoms with Gasteiger partial charge in [0.15, 0.2) is 0 Å². The lowest BCUT2D eigenvalue weighted by molar-refractivity contribution is -0.384. The van der Waals surface area contributed by atoms with E-state index in [4.69, 9.17) is 9.72 Å². The maximum atomic E-state index is 13.1. The second kappa shape index (κ2) is 12.6. The molecule has 1 aliphatic carbocycles. The van der Waals surface area contributed by atoms with Crippen LogP contribution in [0, 0.1) is 23.0 Å². The van der Waals surface area contributed by atoms with Gasteiger partial charge in [-0.1, -0.05) is 25.6 Å². The number of nitro groups is 1. The monoisotopic (exact) mass is 573 g/mol. The van der Waals surface area contributed by atoms with Crippen LogP contribution in [0.1, 0.15) is 36.2 Å². The molecule has 0 atom stereocenters. The van der Waals surface area contributed by atoms with E-state index in [0.29, 0.717) is 36.1 Å². The van der Waals surface area contributed by atoms with E-state index >= 15 is 0 Å². The molecule has 1 N–H and O–H groups in total. The normalized spacial score (nSPS) is 12.7. The lowest BCUT2D eigenvalue weighted by Gasteiger charge is -2.22. The fourth-order valence-electron chi connectivity index (χ4n) is 4.74. The minimum atomic E-state index is -0.469. The number of rotatable bonds is 11. The fraction of sp³-hybridized carbons (Fsp3) is 0.387. The predicted octanol–water partition coefficient (Wildman–Crippen LogP) is 5.80. The molecule has 1 saturated carbocycles. The molecule has 2 heterocycles. The Hall–Kier alpha value is -4.51. The summed E-state index contributed by atoms with van der Waals surface area (Å²) in [6.07, 6.45) is 5.54. The lowest BCUT2D eigenvalue weighted by Crippen LogP contribution is -2.29. The molecule has 0 bridgehead atoms. The van der Waals surface area contributed by atoms with Crippen molar-refractivity contribution in [3.05, 3.63) is 70.0 Å². The number of hydrogen-bond donors (Lipinski definition) is 1. The summed E-state index contributed by atoms with van der Waals surface area (Å²) in [5, 5.41) is 16.1. The van der Waals surface area contributed by atoms with Gasteiger partial charge in [0.05, 0.1) is 22.9 Å². The average molecular weight is 574 g/mol. The van der Waals surface area contributed by atoms with Crippen molar-refractivity contribution in [3.8, 4) is 11.3 Å². The summed E-state index contributed by atoms with van der Waals surface area (Å²) in [5.74, 6) is 0.173. The molecule has 5 rings (SSSR count). The molecule has 0 spiro atoms. The van der Waals surface area contributed by atoms with E-state index in [9.17, 15) is 14.9 Å². The van der Waals surface area contributed by atoms with Crippen molar-refractivity contribution < 1.29 is 14.5 Å². The van der Waals surface area contributed by atoms with Crippen molar-refractivity contribution in [3.63, 3.8) is 0 Å². The highest BCUT2D eigenvalue weighted by atomic mass is 16.6. The Morgan fingerprint density at radius 3 is 2.62 bits per heavy atom. The predicted molar refractivity (Wildman–Crippen MR) is 167 cm³/mol. The third kappa shape index (κ3) is 6.52. The zero-order chi connectivity index (χ0) is 29.3. The number of nitrogens with zero attached hydrogens (tertiary/aromatic N) is 6. The number of aromatic nitrogens is 3. The molecule has 222 valence electrons. The highest BCUT2D eigenvalue weighted by Crippen LogP contribution is 2.36. The summed E-state index contributed by atoms with van der Waals surface area (Å²) in [5.41, 5.74) is 4.29. The largest absolute Gasteiger partial charge is 0.462 e. The number of likely N-dealkylation sites (N-methyl/N-ethyl adjacent to an activating group) is 2. The van der Waals surface area contributed by atoms with Crippen LogP contribution in [0.25, 0.3) is 22.2 Å². The third-order valence-electron chi connectivity index (χ3n) is 7.37. The standard InChI is InChI=1S/C30H35N7O4.CH4/c1-19-14-26(35(4)13-12-34(2)3)27(37(39)40)15-24(19)32-30-31-16-22(29(38)41-18-20-10-11-20)28(33-30)23-17-36(5)25-9-7-6-8-21(23)25;/h6-9,14-17,20H,10-13,18H2,1-5H3,(H,31,32,33);1H4. The van der Waals surface area contributed by atoms with E-state index in [-0.39, 0.29) is 29.5 Å². The molecule has 11 heteroatoms. The summed E-state index contributed by atoms with van der Waals surface area (Å²) in [6.45, 7) is 3.65. The van der Waals surface area contributed by atoms with E-state index < -0.39 is 5.97 Å². The molecule has 0 radical (unpaired) electrons. The fourth-order valence-corrected chi connectivity index (χ4v) is 4.74. The summed E-state index contributed by atoms with van der Waals surface area (Å²) in [7, 11) is 7.71. The van der Waals surface area contributed by atoms with Gasteiger partial charge in [0.25, 0.3) is 5.69 Å². The molecule has 0 unspecified atom stereocenters. The minimum absolute atomic E-state index is 0. The van der Waals surface area contributed by atoms with Gasteiger partial charge in [-0.25, -0.2) is 14.8 Å². The maximum Gasteiger partial charge on any atom is 0.341 e. The van der Waals surface area contributed by atoms with Gasteiger partial charge in [-0.3, -0.25) is 10.1 Å². The molecule has 4 aromatic rings. The second-order valence-corrected chi connectivity index (χ2v) is 10.9. The summed E-state index contributed by atoms with van der Waals surface area (Å²) in [6, 6.07) is 11.2. The van der Waals surface area contributed by atoms with Crippen LogP contribution in [0.3, 0.4) is 0 Å². The van der Waals surface area contributed by atoms with Crippen molar-refractivity contribution in [1.82, 2.24) is 19.4 Å². The summed E-state index contributed by atoms with van der Waals surface area (Å²) < 4.78 is 7.58. The van der Waals surface area contributed by atoms with Gasteiger partial charge in [0, 0.05) is 62.1 Å². The van der Waals surface area contributed by atoms with Crippen molar-refractivity contribution in [2.45, 2.75) is 27.2 Å². The molecule has 1 aliphatic rings. The Bertz CT molecular complexity index is 1610. The molecule has 42 heavy (non-hydrogen) atoms. The zero-order valence-electron chi connectivity index (χ0n) is 24.0. The number of esters is 1. The molecule has 0 saturated heterocycles. The Morgan fingerprint density at radius 2 is 1.93 bits per heavy atom. The van der Waals surface area contributed by atoms with Gasteiger partial charge in [0.1, 0.15) is 11.3 Å². The first-order chi connectivity index (χ1) is 19.6. The summed E-state index contributed by atoms with van der Waals surface area (Å²) >= 11 is 0. The van der Waals surface area contributed by atoms with Crippen molar-refractivity contribution in [2.75, 3.05) is 51.1 Å². The topological polar surface area (TPSA) is 119 Å². The molecule has 2 aromatic heterocycles. The average Bonchev–Trinajstić information content (AvgIpc) is 3.72. The smallest absolute Gasteiger partial charge is 0.341 e. The van der Waals surface area contributed by atoms with E-state index in [1.165, 1.54) is 12.3 Å². The van der Waals surface area contributed by atoms with Crippen LogP contribution in [0.4, 0.5) is 23.0 Å². The molecule has 2 aromatic carbocycles. The van der Waals surface area contributed by atoms with Gasteiger partial charge in [0.2, 0.25) is 5.95 Å². The molecular formula is C31H39N7O4. The molecule has 0 aliphatic heterocycles. The van der Waals surface area contributed by atoms with Crippen LogP contribution in [0.5, 0.6) is 0 Å². The number of nitro benzene ring substituents is 1. The Labute approximate surface area is 246 Å². The molecule has 0 amide bonds. The van der Waals surface area contributed by atoms with Crippen LogP contribution in [0.2, 0.25) is 0 Å². The van der Waals surface area contributed by atoms with Gasteiger partial charge < -0.3 is 24.4 Å². The Balaban J connectivity index is 0.00000405. The first kappa shape index (κ1) is 30.4. The number of nitrogens with one attached hydrogen (secondary N) is 1. The van der Waals surface area contributed by atoms with Gasteiger partial charge in [-0.05, 0) is 57.5 Å². The first-order valence-corrected chi connectivity index (χ1v) is 13.6. The number of hydrogen-bond acceptors (Lipinski definition) is 9. The second-order valence-electron chi connectivity index (χ2n) is 10.9. The first-order valence-electron chi connectivity index (χ1n) is 13.6. The van der Waals surface area contributed by atoms with Crippen LogP contribution in [-0.4, -0.2) is 71.2 Å². The molecule has 11 nitrogen and oxygen atoms in total. The van der Waals surface area contributed by atoms with Gasteiger partial charge in [-0.2, -0.15) is 0 Å². The van der Waals surface area contributed by atoms with Crippen molar-refractivity contribution in [2.24, 2.45) is 13.0 Å². The lowest BCUT2D eigenvalue weighted by atomic mass is 10.1. The molecule has 1 fully saturated rings. The van der Waals surface area contributed by atoms with Crippen molar-refractivity contribution in [1.29, 1.82) is 0 Å². The summed E-state index contributed by atoms with van der Waals surface area (Å²) in [4.78, 5) is 37.9. The molecular weight excluding hydrogens is 534 g/mol. The number of anilines is 3. The number of para-hydroxylation sites is 1. The quantitative estimate of drug-likeness (QED) is 0.135. The van der Waals surface area contributed by atoms with Crippen molar-refractivity contribution >= 4 is 39.9 Å². The maximum absolute atomic E-state index is 13.1. The van der Waals surface area contributed by atoms with E-state index in [0.717, 1.165) is 41.4 Å². The minimum Gasteiger partial charge on any atom is -0.462 e. The van der Waals surface area contributed by atoms with Gasteiger partial charge >= 0.3 is 5.97 Å². The highest BCUT2D eigenvalue weighted by molar-refractivity contribution is 6.03. The third-order valence-corrected chi connectivity index (χ3v) is 7.37. The Kier molecular flexibility index (Phi) is 9.11. The number of aryl methyl sites for hydroxylation is 2. The van der Waals surface area contributed by atoms with Crippen LogP contribution in [-0.2, 0) is 11.8 Å². The van der Waals surface area contributed by atoms with E-state index in [1.54, 1.807) is 6.07 Å². The van der Waals surface area contributed by atoms with Gasteiger partial charge in [-0.15, -0.1) is 0 Å². The van der Waals surface area contributed by atoms with Crippen LogP contribution in [0.15, 0.2) is 48.8 Å². The highest BCUT2D eigenvalue weighted by Gasteiger charge is 2.26. The number of carbonyl (C=O) groups is 1. The number of benzene rings is 2. The van der Waals surface area contributed by atoms with Crippen LogP contribution >= 0.6 is 0 Å². The van der Waals surface area contributed by atoms with Crippen LogP contribution < -0.4 is 10.2 Å².